The molecule has 0 saturated heterocycles. The van der Waals surface area contributed by atoms with E-state index in [-0.39, 0.29) is 12.1 Å². The molecule has 6 heteroatoms. The van der Waals surface area contributed by atoms with Crippen molar-refractivity contribution in [2.24, 2.45) is 0 Å². The van der Waals surface area contributed by atoms with Gasteiger partial charge in [-0.2, -0.15) is 13.2 Å². The van der Waals surface area contributed by atoms with Crippen molar-refractivity contribution in [3.8, 4) is 0 Å². The molecule has 1 N–H and O–H groups in total. The van der Waals surface area contributed by atoms with E-state index in [0.717, 1.165) is 22.7 Å². The van der Waals surface area contributed by atoms with Gasteiger partial charge in [0, 0.05) is 24.3 Å². The van der Waals surface area contributed by atoms with Crippen molar-refractivity contribution < 1.29 is 18.0 Å². The number of rotatable bonds is 6. The van der Waals surface area contributed by atoms with Crippen LogP contribution in [0.15, 0.2) is 18.2 Å². The molecule has 0 spiro atoms. The molecule has 0 aliphatic rings. The molecule has 0 aromatic heterocycles. The highest BCUT2D eigenvalue weighted by Gasteiger charge is 2.33. The van der Waals surface area contributed by atoms with Crippen LogP contribution >= 0.6 is 0 Å². The van der Waals surface area contributed by atoms with Crippen LogP contribution < -0.4 is 5.32 Å². The molecule has 0 aliphatic heterocycles. The third kappa shape index (κ3) is 5.28. The number of amides is 1. The zero-order valence-electron chi connectivity index (χ0n) is 12.5. The predicted octanol–water partition coefficient (Wildman–Crippen LogP) is 3.84. The fraction of sp³-hybridized carbons (Fsp3) is 0.533. The summed E-state index contributed by atoms with van der Waals surface area (Å²) in [5.74, 6) is -0.583. The van der Waals surface area contributed by atoms with Gasteiger partial charge in [-0.1, -0.05) is 6.92 Å². The van der Waals surface area contributed by atoms with E-state index >= 15 is 0 Å². The van der Waals surface area contributed by atoms with E-state index in [1.54, 1.807) is 25.1 Å². The van der Waals surface area contributed by atoms with Crippen LogP contribution in [0.2, 0.25) is 0 Å². The van der Waals surface area contributed by atoms with E-state index in [1.165, 1.54) is 0 Å². The summed E-state index contributed by atoms with van der Waals surface area (Å²) in [6.07, 6.45) is -3.90. The summed E-state index contributed by atoms with van der Waals surface area (Å²) in [5.41, 5.74) is 2.00. The monoisotopic (exact) mass is 302 g/mol. The normalized spacial score (nSPS) is 11.3. The lowest BCUT2D eigenvalue weighted by Gasteiger charge is -2.24. The van der Waals surface area contributed by atoms with Crippen LogP contribution in [0.25, 0.3) is 0 Å². The number of hydrogen-bond acceptors (Lipinski definition) is 2. The largest absolute Gasteiger partial charge is 0.406 e. The summed E-state index contributed by atoms with van der Waals surface area (Å²) in [6.45, 7) is 5.13. The predicted molar refractivity (Wildman–Crippen MR) is 77.6 cm³/mol. The zero-order chi connectivity index (χ0) is 16.0. The van der Waals surface area contributed by atoms with Crippen LogP contribution in [0.5, 0.6) is 0 Å². The van der Waals surface area contributed by atoms with Gasteiger partial charge >= 0.3 is 6.18 Å². The van der Waals surface area contributed by atoms with E-state index in [4.69, 9.17) is 0 Å². The lowest BCUT2D eigenvalue weighted by atomic mass is 10.1. The van der Waals surface area contributed by atoms with E-state index in [1.807, 2.05) is 13.8 Å². The maximum Gasteiger partial charge on any atom is 0.406 e. The van der Waals surface area contributed by atoms with Crippen molar-refractivity contribution in [2.75, 3.05) is 25.0 Å². The number of carbonyl (C=O) groups excluding carboxylic acids is 1. The molecule has 0 saturated carbocycles. The molecule has 21 heavy (non-hydrogen) atoms. The van der Waals surface area contributed by atoms with Crippen molar-refractivity contribution in [3.05, 3.63) is 29.3 Å². The maximum atomic E-state index is 12.5. The summed E-state index contributed by atoms with van der Waals surface area (Å²) in [4.78, 5) is 13.1. The van der Waals surface area contributed by atoms with Gasteiger partial charge in [-0.3, -0.25) is 4.79 Å². The molecular formula is C15H21F3N2O. The highest BCUT2D eigenvalue weighted by atomic mass is 19.4. The molecule has 0 heterocycles. The number of carbonyl (C=O) groups is 1. The molecule has 0 fully saturated rings. The summed E-state index contributed by atoms with van der Waals surface area (Å²) in [7, 11) is 0. The number of halogens is 3. The van der Waals surface area contributed by atoms with E-state index in [2.05, 4.69) is 5.32 Å². The lowest BCUT2D eigenvalue weighted by molar-refractivity contribution is -0.140. The Hall–Kier alpha value is -1.72. The van der Waals surface area contributed by atoms with Gasteiger partial charge in [-0.15, -0.1) is 0 Å². The Morgan fingerprint density at radius 3 is 2.43 bits per heavy atom. The fourth-order valence-corrected chi connectivity index (χ4v) is 2.11. The molecule has 0 aliphatic carbocycles. The highest BCUT2D eigenvalue weighted by Crippen LogP contribution is 2.21. The fourth-order valence-electron chi connectivity index (χ4n) is 2.11. The van der Waals surface area contributed by atoms with Crippen molar-refractivity contribution in [2.45, 2.75) is 33.4 Å². The minimum atomic E-state index is -4.39. The number of alkyl halides is 3. The van der Waals surface area contributed by atoms with Crippen LogP contribution in [-0.2, 0) is 0 Å². The highest BCUT2D eigenvalue weighted by molar-refractivity contribution is 5.95. The van der Waals surface area contributed by atoms with Gasteiger partial charge in [-0.25, -0.2) is 0 Å². The van der Waals surface area contributed by atoms with E-state index in [9.17, 15) is 18.0 Å². The third-order valence-electron chi connectivity index (χ3n) is 2.99. The van der Waals surface area contributed by atoms with Crippen LogP contribution in [0.3, 0.4) is 0 Å². The Morgan fingerprint density at radius 2 is 1.95 bits per heavy atom. The summed E-state index contributed by atoms with van der Waals surface area (Å²) in [6, 6.07) is 4.91. The molecule has 0 unspecified atom stereocenters. The summed E-state index contributed by atoms with van der Waals surface area (Å²) >= 11 is 0. The Balaban J connectivity index is 2.95. The van der Waals surface area contributed by atoms with Gasteiger partial charge in [0.15, 0.2) is 0 Å². The quantitative estimate of drug-likeness (QED) is 0.866. The summed E-state index contributed by atoms with van der Waals surface area (Å²) in [5, 5.41) is 3.13. The molecule has 3 nitrogen and oxygen atoms in total. The van der Waals surface area contributed by atoms with Gasteiger partial charge in [0.1, 0.15) is 6.54 Å². The first-order chi connectivity index (χ1) is 9.78. The van der Waals surface area contributed by atoms with Gasteiger partial charge in [0.05, 0.1) is 0 Å². The van der Waals surface area contributed by atoms with E-state index < -0.39 is 18.6 Å². The van der Waals surface area contributed by atoms with Crippen LogP contribution in [0, 0.1) is 6.92 Å². The first kappa shape index (κ1) is 17.3. The Kier molecular flexibility index (Phi) is 6.05. The SMILES string of the molecule is CCCN(CC(F)(F)F)C(=O)c1ccc(NCC)c(C)c1. The Bertz CT molecular complexity index is 486. The van der Waals surface area contributed by atoms with Gasteiger partial charge < -0.3 is 10.2 Å². The third-order valence-corrected chi connectivity index (χ3v) is 2.99. The average Bonchev–Trinajstić information content (AvgIpc) is 2.38. The zero-order valence-corrected chi connectivity index (χ0v) is 12.5. The first-order valence-electron chi connectivity index (χ1n) is 6.99. The topological polar surface area (TPSA) is 32.3 Å². The van der Waals surface area contributed by atoms with Gasteiger partial charge in [0.25, 0.3) is 5.91 Å². The Morgan fingerprint density at radius 1 is 1.29 bits per heavy atom. The molecule has 0 radical (unpaired) electrons. The molecule has 0 atom stereocenters. The second-order valence-corrected chi connectivity index (χ2v) is 4.90. The summed E-state index contributed by atoms with van der Waals surface area (Å²) < 4.78 is 37.6. The van der Waals surface area contributed by atoms with Crippen LogP contribution in [0.4, 0.5) is 18.9 Å². The molecule has 1 rings (SSSR count). The molecule has 1 aromatic rings. The smallest absolute Gasteiger partial charge is 0.385 e. The standard InChI is InChI=1S/C15H21F3N2O/c1-4-8-20(10-15(16,17)18)14(21)12-6-7-13(19-5-2)11(3)9-12/h6-7,9,19H,4-5,8,10H2,1-3H3. The lowest BCUT2D eigenvalue weighted by Crippen LogP contribution is -2.39. The van der Waals surface area contributed by atoms with Crippen LogP contribution in [-0.4, -0.2) is 36.6 Å². The van der Waals surface area contributed by atoms with Gasteiger partial charge in [-0.05, 0) is 44.0 Å². The number of benzene rings is 1. The molecule has 0 bridgehead atoms. The van der Waals surface area contributed by atoms with Crippen molar-refractivity contribution >= 4 is 11.6 Å². The average molecular weight is 302 g/mol. The maximum absolute atomic E-state index is 12.5. The molecule has 1 amide bonds. The van der Waals surface area contributed by atoms with E-state index in [0.29, 0.717) is 6.42 Å². The number of hydrogen-bond donors (Lipinski definition) is 1. The first-order valence-corrected chi connectivity index (χ1v) is 6.99. The van der Waals surface area contributed by atoms with Crippen molar-refractivity contribution in [1.82, 2.24) is 4.90 Å². The molecule has 118 valence electrons. The molecular weight excluding hydrogens is 281 g/mol. The van der Waals surface area contributed by atoms with Crippen LogP contribution in [0.1, 0.15) is 36.2 Å². The number of nitrogens with zero attached hydrogens (tertiary/aromatic N) is 1. The Labute approximate surface area is 123 Å². The van der Waals surface area contributed by atoms with Crippen molar-refractivity contribution in [1.29, 1.82) is 0 Å². The number of aryl methyl sites for hydroxylation is 1. The minimum absolute atomic E-state index is 0.0896. The van der Waals surface area contributed by atoms with Gasteiger partial charge in [0.2, 0.25) is 0 Å². The molecule has 1 aromatic carbocycles. The minimum Gasteiger partial charge on any atom is -0.385 e. The second-order valence-electron chi connectivity index (χ2n) is 4.90. The number of anilines is 1. The second kappa shape index (κ2) is 7.33. The number of nitrogens with one attached hydrogen (secondary N) is 1. The van der Waals surface area contributed by atoms with Crippen molar-refractivity contribution in [3.63, 3.8) is 0 Å².